The maximum Gasteiger partial charge on any atom is 0.261 e. The van der Waals surface area contributed by atoms with Gasteiger partial charge in [0.1, 0.15) is 0 Å². The third-order valence-electron chi connectivity index (χ3n) is 7.13. The molecule has 4 aliphatic rings. The van der Waals surface area contributed by atoms with E-state index in [0.717, 1.165) is 12.5 Å². The van der Waals surface area contributed by atoms with E-state index >= 15 is 0 Å². The van der Waals surface area contributed by atoms with Crippen molar-refractivity contribution in [2.75, 3.05) is 6.54 Å². The number of carbonyl (C=O) groups excluding carboxylic acids is 2. The molecule has 0 spiro atoms. The van der Waals surface area contributed by atoms with Gasteiger partial charge in [0.25, 0.3) is 11.8 Å². The first-order chi connectivity index (χ1) is 13.5. The van der Waals surface area contributed by atoms with Crippen LogP contribution in [0.25, 0.3) is 0 Å². The van der Waals surface area contributed by atoms with Crippen molar-refractivity contribution >= 4 is 11.8 Å². The number of rotatable bonds is 4. The molecule has 1 saturated carbocycles. The van der Waals surface area contributed by atoms with Crippen LogP contribution in [0.5, 0.6) is 0 Å². The van der Waals surface area contributed by atoms with Crippen LogP contribution in [0, 0.1) is 18.8 Å². The number of fused-ring (bicyclic) bond motifs is 3. The predicted molar refractivity (Wildman–Crippen MR) is 108 cm³/mol. The van der Waals surface area contributed by atoms with Gasteiger partial charge in [-0.15, -0.1) is 0 Å². The summed E-state index contributed by atoms with van der Waals surface area (Å²) in [6, 6.07) is 16.7. The molecule has 3 fully saturated rings. The van der Waals surface area contributed by atoms with Crippen LogP contribution < -0.4 is 0 Å². The quantitative estimate of drug-likeness (QED) is 0.763. The number of hydrogen-bond donors (Lipinski definition) is 0. The SMILES string of the molecule is Cc1ccc(CN2C3CC(C3)[C@@H](C)[C@H]2CN2C(=O)c3ccccc3C2=O)cc1. The summed E-state index contributed by atoms with van der Waals surface area (Å²) < 4.78 is 0. The van der Waals surface area contributed by atoms with Gasteiger partial charge < -0.3 is 0 Å². The molecule has 2 atom stereocenters. The van der Waals surface area contributed by atoms with Crippen molar-refractivity contribution in [3.63, 3.8) is 0 Å². The number of carbonyl (C=O) groups is 2. The first-order valence-electron chi connectivity index (χ1n) is 10.3. The lowest BCUT2D eigenvalue weighted by Gasteiger charge is -2.58. The molecule has 3 heterocycles. The number of hydrogen-bond acceptors (Lipinski definition) is 3. The smallest absolute Gasteiger partial charge is 0.261 e. The van der Waals surface area contributed by atoms with Gasteiger partial charge >= 0.3 is 0 Å². The van der Waals surface area contributed by atoms with Crippen LogP contribution >= 0.6 is 0 Å². The van der Waals surface area contributed by atoms with Crippen molar-refractivity contribution < 1.29 is 9.59 Å². The minimum Gasteiger partial charge on any atom is -0.291 e. The molecule has 28 heavy (non-hydrogen) atoms. The molecule has 2 aromatic rings. The summed E-state index contributed by atoms with van der Waals surface area (Å²) >= 11 is 0. The summed E-state index contributed by atoms with van der Waals surface area (Å²) in [5, 5.41) is 0. The zero-order valence-electron chi connectivity index (χ0n) is 16.5. The monoisotopic (exact) mass is 374 g/mol. The fourth-order valence-corrected chi connectivity index (χ4v) is 5.23. The van der Waals surface area contributed by atoms with Crippen LogP contribution in [0.2, 0.25) is 0 Å². The van der Waals surface area contributed by atoms with Gasteiger partial charge in [-0.05, 0) is 49.3 Å². The van der Waals surface area contributed by atoms with Gasteiger partial charge in [0.2, 0.25) is 0 Å². The first kappa shape index (κ1) is 17.6. The average molecular weight is 374 g/mol. The van der Waals surface area contributed by atoms with Crippen LogP contribution in [-0.2, 0) is 6.54 Å². The van der Waals surface area contributed by atoms with E-state index in [2.05, 4.69) is 43.0 Å². The zero-order chi connectivity index (χ0) is 19.4. The molecule has 0 unspecified atom stereocenters. The van der Waals surface area contributed by atoms with E-state index < -0.39 is 0 Å². The lowest BCUT2D eigenvalue weighted by atomic mass is 9.64. The summed E-state index contributed by atoms with van der Waals surface area (Å²) in [4.78, 5) is 29.8. The van der Waals surface area contributed by atoms with Crippen LogP contribution in [0.3, 0.4) is 0 Å². The Kier molecular flexibility index (Phi) is 4.13. The molecule has 2 aromatic carbocycles. The molecule has 144 valence electrons. The molecule has 0 aromatic heterocycles. The maximum atomic E-state index is 12.9. The minimum absolute atomic E-state index is 0.137. The molecule has 2 amide bonds. The van der Waals surface area contributed by atoms with Crippen molar-refractivity contribution in [3.05, 3.63) is 70.8 Å². The number of imide groups is 1. The Hall–Kier alpha value is -2.46. The van der Waals surface area contributed by atoms with Crippen molar-refractivity contribution in [2.45, 2.75) is 45.3 Å². The average Bonchev–Trinajstić information content (AvgIpc) is 2.90. The number of amides is 2. The molecule has 1 aliphatic carbocycles. The Morgan fingerprint density at radius 3 is 2.14 bits per heavy atom. The highest BCUT2D eigenvalue weighted by Gasteiger charge is 2.50. The van der Waals surface area contributed by atoms with E-state index in [9.17, 15) is 9.59 Å². The molecular formula is C24H26N2O2. The highest BCUT2D eigenvalue weighted by atomic mass is 16.2. The molecule has 4 heteroatoms. The van der Waals surface area contributed by atoms with Gasteiger partial charge in [0.15, 0.2) is 0 Å². The van der Waals surface area contributed by atoms with Gasteiger partial charge in [0.05, 0.1) is 11.1 Å². The Balaban J connectivity index is 1.40. The Labute approximate surface area is 166 Å². The normalized spacial score (nSPS) is 29.0. The highest BCUT2D eigenvalue weighted by Crippen LogP contribution is 2.47. The summed E-state index contributed by atoms with van der Waals surface area (Å²) in [7, 11) is 0. The van der Waals surface area contributed by atoms with Gasteiger partial charge in [-0.3, -0.25) is 19.4 Å². The summed E-state index contributed by atoms with van der Waals surface area (Å²) in [6.07, 6.45) is 2.48. The standard InChI is InChI=1S/C24H26N2O2/c1-15-7-9-17(10-8-15)13-25-19-11-18(12-19)16(2)22(25)14-26-23(27)20-5-3-4-6-21(20)24(26)28/h3-10,16,18-19,22H,11-14H2,1-2H3/t16-,18?,19?,22-/m1/s1. The molecule has 6 rings (SSSR count). The molecule has 2 bridgehead atoms. The summed E-state index contributed by atoms with van der Waals surface area (Å²) in [5.74, 6) is 0.934. The molecule has 2 saturated heterocycles. The maximum absolute atomic E-state index is 12.9. The molecule has 4 nitrogen and oxygen atoms in total. The minimum atomic E-state index is -0.137. The third kappa shape index (κ3) is 2.70. The second-order valence-electron chi connectivity index (χ2n) is 8.74. The number of piperidine rings is 2. The second-order valence-corrected chi connectivity index (χ2v) is 8.74. The van der Waals surface area contributed by atoms with Crippen molar-refractivity contribution in [1.29, 1.82) is 0 Å². The fourth-order valence-electron chi connectivity index (χ4n) is 5.23. The largest absolute Gasteiger partial charge is 0.291 e. The van der Waals surface area contributed by atoms with E-state index in [4.69, 9.17) is 0 Å². The Morgan fingerprint density at radius 1 is 0.929 bits per heavy atom. The van der Waals surface area contributed by atoms with E-state index in [0.29, 0.717) is 29.6 Å². The zero-order valence-corrected chi connectivity index (χ0v) is 16.5. The van der Waals surface area contributed by atoms with E-state index in [1.54, 1.807) is 12.1 Å². The lowest BCUT2D eigenvalue weighted by molar-refractivity contribution is -0.0842. The van der Waals surface area contributed by atoms with Crippen LogP contribution in [0.15, 0.2) is 48.5 Å². The second kappa shape index (κ2) is 6.56. The highest BCUT2D eigenvalue weighted by molar-refractivity contribution is 6.21. The van der Waals surface area contributed by atoms with E-state index in [-0.39, 0.29) is 17.9 Å². The lowest BCUT2D eigenvalue weighted by Crippen LogP contribution is -2.63. The fraction of sp³-hybridized carbons (Fsp3) is 0.417. The van der Waals surface area contributed by atoms with Crippen LogP contribution in [0.1, 0.15) is 51.6 Å². The number of benzene rings is 2. The van der Waals surface area contributed by atoms with Gasteiger partial charge in [0, 0.05) is 25.2 Å². The van der Waals surface area contributed by atoms with Gasteiger partial charge in [-0.2, -0.15) is 0 Å². The third-order valence-corrected chi connectivity index (χ3v) is 7.13. The van der Waals surface area contributed by atoms with Gasteiger partial charge in [-0.1, -0.05) is 48.9 Å². The Morgan fingerprint density at radius 2 is 1.54 bits per heavy atom. The molecule has 3 aliphatic heterocycles. The number of aryl methyl sites for hydroxylation is 1. The van der Waals surface area contributed by atoms with Gasteiger partial charge in [-0.25, -0.2) is 0 Å². The molecular weight excluding hydrogens is 348 g/mol. The first-order valence-corrected chi connectivity index (χ1v) is 10.3. The van der Waals surface area contributed by atoms with E-state index in [1.165, 1.54) is 28.9 Å². The van der Waals surface area contributed by atoms with E-state index in [1.807, 2.05) is 12.1 Å². The summed E-state index contributed by atoms with van der Waals surface area (Å²) in [6.45, 7) is 5.78. The number of nitrogens with zero attached hydrogens (tertiary/aromatic N) is 2. The molecule has 0 N–H and O–H groups in total. The summed E-state index contributed by atoms with van der Waals surface area (Å²) in [5.41, 5.74) is 3.66. The van der Waals surface area contributed by atoms with Crippen molar-refractivity contribution in [3.8, 4) is 0 Å². The predicted octanol–water partition coefficient (Wildman–Crippen LogP) is 3.89. The Bertz CT molecular complexity index is 895. The van der Waals surface area contributed by atoms with Crippen LogP contribution in [-0.4, -0.2) is 40.2 Å². The van der Waals surface area contributed by atoms with Crippen molar-refractivity contribution in [1.82, 2.24) is 9.80 Å². The van der Waals surface area contributed by atoms with Crippen molar-refractivity contribution in [2.24, 2.45) is 11.8 Å². The topological polar surface area (TPSA) is 40.6 Å². The van der Waals surface area contributed by atoms with Crippen LogP contribution in [0.4, 0.5) is 0 Å². The molecule has 0 radical (unpaired) electrons.